The van der Waals surface area contributed by atoms with Crippen LogP contribution in [0.25, 0.3) is 0 Å². The molecule has 0 saturated heterocycles. The number of hydrogen-bond acceptors (Lipinski definition) is 5. The number of hydrogen-bond donors (Lipinski definition) is 2. The molecule has 1 amide bonds. The second kappa shape index (κ2) is 8.14. The lowest BCUT2D eigenvalue weighted by Gasteiger charge is -2.18. The van der Waals surface area contributed by atoms with Crippen LogP contribution in [0.3, 0.4) is 0 Å². The van der Waals surface area contributed by atoms with Gasteiger partial charge in [0.1, 0.15) is 11.8 Å². The molecule has 6 heteroatoms. The highest BCUT2D eigenvalue weighted by Crippen LogP contribution is 2.29. The first-order valence-corrected chi connectivity index (χ1v) is 6.95. The van der Waals surface area contributed by atoms with E-state index in [1.165, 1.54) is 6.92 Å². The van der Waals surface area contributed by atoms with Gasteiger partial charge in [0.2, 0.25) is 5.91 Å². The zero-order valence-electron chi connectivity index (χ0n) is 12.9. The average Bonchev–Trinajstić information content (AvgIpc) is 2.41. The SMILES string of the molecule is CCOC(=O)C(C)Nc1cc(NC(C)=O)ccc1OCC. The first kappa shape index (κ1) is 16.8. The zero-order chi connectivity index (χ0) is 15.8. The smallest absolute Gasteiger partial charge is 0.328 e. The van der Waals surface area contributed by atoms with Crippen molar-refractivity contribution in [2.45, 2.75) is 33.7 Å². The van der Waals surface area contributed by atoms with Gasteiger partial charge in [0.05, 0.1) is 18.9 Å². The van der Waals surface area contributed by atoms with E-state index in [2.05, 4.69) is 10.6 Å². The highest BCUT2D eigenvalue weighted by Gasteiger charge is 2.16. The average molecular weight is 294 g/mol. The van der Waals surface area contributed by atoms with Crippen molar-refractivity contribution >= 4 is 23.3 Å². The molecule has 1 aromatic rings. The van der Waals surface area contributed by atoms with Crippen molar-refractivity contribution in [2.75, 3.05) is 23.8 Å². The number of benzene rings is 1. The molecule has 0 aliphatic heterocycles. The Morgan fingerprint density at radius 2 is 1.95 bits per heavy atom. The number of carbonyl (C=O) groups is 2. The minimum Gasteiger partial charge on any atom is -0.492 e. The molecule has 0 aliphatic carbocycles. The Hall–Kier alpha value is -2.24. The van der Waals surface area contributed by atoms with Gasteiger partial charge in [0, 0.05) is 12.6 Å². The van der Waals surface area contributed by atoms with Crippen molar-refractivity contribution in [3.63, 3.8) is 0 Å². The van der Waals surface area contributed by atoms with Crippen LogP contribution in [0, 0.1) is 0 Å². The molecule has 1 unspecified atom stereocenters. The van der Waals surface area contributed by atoms with E-state index in [1.807, 2.05) is 6.92 Å². The molecule has 0 spiro atoms. The third-order valence-electron chi connectivity index (χ3n) is 2.61. The monoisotopic (exact) mass is 294 g/mol. The lowest BCUT2D eigenvalue weighted by atomic mass is 10.2. The minimum absolute atomic E-state index is 0.163. The number of carbonyl (C=O) groups excluding carboxylic acids is 2. The van der Waals surface area contributed by atoms with Crippen molar-refractivity contribution in [1.29, 1.82) is 0 Å². The molecule has 6 nitrogen and oxygen atoms in total. The Morgan fingerprint density at radius 1 is 1.24 bits per heavy atom. The third kappa shape index (κ3) is 5.33. The summed E-state index contributed by atoms with van der Waals surface area (Å²) in [5.74, 6) is 0.108. The maximum absolute atomic E-state index is 11.7. The summed E-state index contributed by atoms with van der Waals surface area (Å²) in [5.41, 5.74) is 1.26. The van der Waals surface area contributed by atoms with Crippen LogP contribution < -0.4 is 15.4 Å². The van der Waals surface area contributed by atoms with Crippen LogP contribution in [0.2, 0.25) is 0 Å². The van der Waals surface area contributed by atoms with Gasteiger partial charge >= 0.3 is 5.97 Å². The fourth-order valence-corrected chi connectivity index (χ4v) is 1.76. The van der Waals surface area contributed by atoms with E-state index in [1.54, 1.807) is 32.0 Å². The van der Waals surface area contributed by atoms with Gasteiger partial charge in [-0.25, -0.2) is 4.79 Å². The maximum atomic E-state index is 11.7. The lowest BCUT2D eigenvalue weighted by molar-refractivity contribution is -0.143. The predicted molar refractivity (Wildman–Crippen MR) is 81.6 cm³/mol. The van der Waals surface area contributed by atoms with E-state index < -0.39 is 6.04 Å². The summed E-state index contributed by atoms with van der Waals surface area (Å²) in [4.78, 5) is 22.8. The van der Waals surface area contributed by atoms with E-state index in [0.29, 0.717) is 30.3 Å². The summed E-state index contributed by atoms with van der Waals surface area (Å²) in [6.07, 6.45) is 0. The molecule has 0 saturated carbocycles. The molecule has 116 valence electrons. The molecule has 0 aromatic heterocycles. The standard InChI is InChI=1S/C15H22N2O4/c1-5-20-14-8-7-12(17-11(4)18)9-13(14)16-10(3)15(19)21-6-2/h7-10,16H,5-6H2,1-4H3,(H,17,18). The second-order valence-corrected chi connectivity index (χ2v) is 4.44. The Bertz CT molecular complexity index is 502. The lowest BCUT2D eigenvalue weighted by Crippen LogP contribution is -2.28. The van der Waals surface area contributed by atoms with Crippen LogP contribution in [0.1, 0.15) is 27.7 Å². The van der Waals surface area contributed by atoms with E-state index in [-0.39, 0.29) is 11.9 Å². The fourth-order valence-electron chi connectivity index (χ4n) is 1.76. The van der Waals surface area contributed by atoms with E-state index in [9.17, 15) is 9.59 Å². The van der Waals surface area contributed by atoms with Crippen LogP contribution in [0.4, 0.5) is 11.4 Å². The highest BCUT2D eigenvalue weighted by molar-refractivity contribution is 5.90. The van der Waals surface area contributed by atoms with Crippen LogP contribution in [-0.4, -0.2) is 31.1 Å². The van der Waals surface area contributed by atoms with Gasteiger partial charge in [0.25, 0.3) is 0 Å². The first-order chi connectivity index (χ1) is 9.97. The molecular weight excluding hydrogens is 272 g/mol. The largest absolute Gasteiger partial charge is 0.492 e. The van der Waals surface area contributed by atoms with Gasteiger partial charge in [-0.2, -0.15) is 0 Å². The van der Waals surface area contributed by atoms with Crippen molar-refractivity contribution in [3.8, 4) is 5.75 Å². The van der Waals surface area contributed by atoms with E-state index in [0.717, 1.165) is 0 Å². The molecule has 0 radical (unpaired) electrons. The number of anilines is 2. The molecule has 2 N–H and O–H groups in total. The molecule has 1 rings (SSSR count). The number of amides is 1. The van der Waals surface area contributed by atoms with Crippen molar-refractivity contribution in [2.24, 2.45) is 0 Å². The van der Waals surface area contributed by atoms with Crippen LogP contribution in [0.5, 0.6) is 5.75 Å². The minimum atomic E-state index is -0.517. The van der Waals surface area contributed by atoms with Crippen LogP contribution in [-0.2, 0) is 14.3 Å². The zero-order valence-corrected chi connectivity index (χ0v) is 12.9. The summed E-state index contributed by atoms with van der Waals surface area (Å²) in [5, 5.41) is 5.73. The van der Waals surface area contributed by atoms with Crippen molar-refractivity contribution in [1.82, 2.24) is 0 Å². The van der Waals surface area contributed by atoms with Gasteiger partial charge in [-0.15, -0.1) is 0 Å². The summed E-state index contributed by atoms with van der Waals surface area (Å²) in [6.45, 7) is 7.61. The van der Waals surface area contributed by atoms with Crippen LogP contribution >= 0.6 is 0 Å². The first-order valence-electron chi connectivity index (χ1n) is 6.95. The van der Waals surface area contributed by atoms with Crippen molar-refractivity contribution < 1.29 is 19.1 Å². The molecule has 21 heavy (non-hydrogen) atoms. The Balaban J connectivity index is 2.94. The third-order valence-corrected chi connectivity index (χ3v) is 2.61. The van der Waals surface area contributed by atoms with Gasteiger partial charge in [-0.3, -0.25) is 4.79 Å². The molecule has 0 heterocycles. The number of nitrogens with one attached hydrogen (secondary N) is 2. The molecule has 0 aliphatic rings. The van der Waals surface area contributed by atoms with Gasteiger partial charge < -0.3 is 20.1 Å². The topological polar surface area (TPSA) is 76.7 Å². The van der Waals surface area contributed by atoms with E-state index >= 15 is 0 Å². The van der Waals surface area contributed by atoms with E-state index in [4.69, 9.17) is 9.47 Å². The summed E-state index contributed by atoms with van der Waals surface area (Å²) < 4.78 is 10.5. The quantitative estimate of drug-likeness (QED) is 0.755. The number of rotatable bonds is 7. The molecule has 1 atom stereocenters. The molecule has 0 fully saturated rings. The summed E-state index contributed by atoms with van der Waals surface area (Å²) in [6, 6.07) is 4.70. The predicted octanol–water partition coefficient (Wildman–Crippen LogP) is 2.41. The maximum Gasteiger partial charge on any atom is 0.328 e. The molecule has 0 bridgehead atoms. The second-order valence-electron chi connectivity index (χ2n) is 4.44. The number of ether oxygens (including phenoxy) is 2. The Kier molecular flexibility index (Phi) is 6.52. The molecule has 1 aromatic carbocycles. The fraction of sp³-hybridized carbons (Fsp3) is 0.467. The molecular formula is C15H22N2O4. The van der Waals surface area contributed by atoms with Gasteiger partial charge in [0.15, 0.2) is 0 Å². The summed E-state index contributed by atoms with van der Waals surface area (Å²) >= 11 is 0. The number of esters is 1. The van der Waals surface area contributed by atoms with Crippen LogP contribution in [0.15, 0.2) is 18.2 Å². The summed E-state index contributed by atoms with van der Waals surface area (Å²) in [7, 11) is 0. The highest BCUT2D eigenvalue weighted by atomic mass is 16.5. The Morgan fingerprint density at radius 3 is 2.52 bits per heavy atom. The van der Waals surface area contributed by atoms with Gasteiger partial charge in [-0.1, -0.05) is 0 Å². The Labute approximate surface area is 124 Å². The van der Waals surface area contributed by atoms with Gasteiger partial charge in [-0.05, 0) is 39.0 Å². The van der Waals surface area contributed by atoms with Crippen molar-refractivity contribution in [3.05, 3.63) is 18.2 Å². The normalized spacial score (nSPS) is 11.4.